The maximum Gasteiger partial charge on any atom is 0.326 e. The molecule has 3 rings (SSSR count). The average molecular weight is 555 g/mol. The Hall–Kier alpha value is -4.92. The number of fused-ring (bicyclic) bond motifs is 1. The van der Waals surface area contributed by atoms with Crippen LogP contribution in [0.25, 0.3) is 10.9 Å². The lowest BCUT2D eigenvalue weighted by Gasteiger charge is -2.21. The summed E-state index contributed by atoms with van der Waals surface area (Å²) < 4.78 is 0. The zero-order valence-corrected chi connectivity index (χ0v) is 21.7. The fourth-order valence-corrected chi connectivity index (χ4v) is 4.03. The predicted molar refractivity (Wildman–Crippen MR) is 147 cm³/mol. The highest BCUT2D eigenvalue weighted by Crippen LogP contribution is 2.18. The highest BCUT2D eigenvalue weighted by Gasteiger charge is 2.27. The minimum atomic E-state index is -1.27. The molecule has 1 aromatic carbocycles. The van der Waals surface area contributed by atoms with Crippen molar-refractivity contribution in [2.75, 3.05) is 13.1 Å². The molecule has 0 bridgehead atoms. The molecule has 3 aromatic rings. The number of aliphatic imine (C=N–C) groups is 1. The molecule has 214 valence electrons. The Bertz CT molecular complexity index is 1330. The lowest BCUT2D eigenvalue weighted by molar-refractivity contribution is -0.142. The Morgan fingerprint density at radius 1 is 1.02 bits per heavy atom. The molecule has 0 fully saturated rings. The number of aromatic amines is 2. The van der Waals surface area contributed by atoms with E-state index in [1.165, 1.54) is 12.5 Å². The van der Waals surface area contributed by atoms with Crippen LogP contribution in [0.5, 0.6) is 0 Å². The van der Waals surface area contributed by atoms with Crippen molar-refractivity contribution in [3.63, 3.8) is 0 Å². The Morgan fingerprint density at radius 3 is 2.50 bits per heavy atom. The van der Waals surface area contributed by atoms with E-state index in [2.05, 4.69) is 35.9 Å². The summed E-state index contributed by atoms with van der Waals surface area (Å²) in [5.41, 5.74) is 19.0. The van der Waals surface area contributed by atoms with Crippen LogP contribution in [0.1, 0.15) is 24.1 Å². The number of aromatic nitrogens is 3. The number of nitrogens with one attached hydrogen (secondary N) is 5. The van der Waals surface area contributed by atoms with Crippen molar-refractivity contribution < 1.29 is 24.3 Å². The van der Waals surface area contributed by atoms with Crippen molar-refractivity contribution in [3.8, 4) is 0 Å². The molecule has 40 heavy (non-hydrogen) atoms. The second kappa shape index (κ2) is 14.3. The number of aliphatic carboxylic acids is 1. The highest BCUT2D eigenvalue weighted by molar-refractivity contribution is 5.93. The maximum absolute atomic E-state index is 13.0. The second-order valence-corrected chi connectivity index (χ2v) is 9.14. The molecule has 12 N–H and O–H groups in total. The summed E-state index contributed by atoms with van der Waals surface area (Å²) in [6.07, 6.45) is 5.26. The molecule has 0 saturated carbocycles. The quantitative estimate of drug-likeness (QED) is 0.0584. The molecule has 15 heteroatoms. The molecule has 3 amide bonds. The summed E-state index contributed by atoms with van der Waals surface area (Å²) in [5.74, 6) is -3.30. The van der Waals surface area contributed by atoms with Crippen LogP contribution in [0.3, 0.4) is 0 Å². The summed E-state index contributed by atoms with van der Waals surface area (Å²) >= 11 is 0. The number of guanidine groups is 1. The molecule has 3 atom stereocenters. The zero-order chi connectivity index (χ0) is 29.1. The fourth-order valence-electron chi connectivity index (χ4n) is 4.03. The van der Waals surface area contributed by atoms with Crippen molar-refractivity contribution in [2.24, 2.45) is 22.2 Å². The number of carbonyl (C=O) groups excluding carboxylic acids is 3. The second-order valence-electron chi connectivity index (χ2n) is 9.14. The van der Waals surface area contributed by atoms with Gasteiger partial charge in [-0.15, -0.1) is 0 Å². The van der Waals surface area contributed by atoms with Gasteiger partial charge in [-0.1, -0.05) is 18.2 Å². The van der Waals surface area contributed by atoms with Gasteiger partial charge in [-0.3, -0.25) is 19.4 Å². The summed E-state index contributed by atoms with van der Waals surface area (Å²) in [4.78, 5) is 63.5. The Kier molecular flexibility index (Phi) is 10.6. The first-order valence-electron chi connectivity index (χ1n) is 12.6. The van der Waals surface area contributed by atoms with Crippen molar-refractivity contribution >= 4 is 40.6 Å². The van der Waals surface area contributed by atoms with Gasteiger partial charge in [0.1, 0.15) is 12.1 Å². The topological polar surface area (TPSA) is 259 Å². The van der Waals surface area contributed by atoms with Gasteiger partial charge >= 0.3 is 5.97 Å². The lowest BCUT2D eigenvalue weighted by Crippen LogP contribution is -2.54. The van der Waals surface area contributed by atoms with E-state index in [4.69, 9.17) is 17.2 Å². The van der Waals surface area contributed by atoms with E-state index in [0.29, 0.717) is 12.1 Å². The first-order chi connectivity index (χ1) is 19.1. The molecule has 0 aliphatic heterocycles. The van der Waals surface area contributed by atoms with Crippen LogP contribution in [0, 0.1) is 0 Å². The molecular weight excluding hydrogens is 520 g/mol. The Labute approximate surface area is 229 Å². The number of amides is 3. The number of hydrogen-bond donors (Lipinski definition) is 9. The minimum Gasteiger partial charge on any atom is -0.480 e. The molecule has 2 aromatic heterocycles. The van der Waals surface area contributed by atoms with Crippen LogP contribution in [0.15, 0.2) is 48.0 Å². The van der Waals surface area contributed by atoms with Gasteiger partial charge in [-0.2, -0.15) is 0 Å². The number of carbonyl (C=O) groups is 4. The van der Waals surface area contributed by atoms with Gasteiger partial charge in [0.2, 0.25) is 17.7 Å². The first kappa shape index (κ1) is 29.6. The van der Waals surface area contributed by atoms with Gasteiger partial charge < -0.3 is 48.2 Å². The number of hydrogen-bond acceptors (Lipinski definition) is 7. The molecule has 0 aliphatic carbocycles. The maximum atomic E-state index is 13.0. The largest absolute Gasteiger partial charge is 0.480 e. The van der Waals surface area contributed by atoms with E-state index in [1.54, 1.807) is 6.20 Å². The SMILES string of the molecule is NC(N)=NCCCC(NC(=O)CNC(=O)C(N)Cc1c[nH]c2ccccc12)C(=O)NC(Cc1cnc[nH]1)C(=O)O. The molecule has 0 spiro atoms. The number of para-hydroxylation sites is 1. The number of benzene rings is 1. The number of rotatable bonds is 15. The zero-order valence-electron chi connectivity index (χ0n) is 21.7. The Balaban J connectivity index is 1.56. The summed E-state index contributed by atoms with van der Waals surface area (Å²) in [5, 5.41) is 18.0. The standard InChI is InChI=1S/C25H34N10O5/c26-17(8-14-10-31-18-5-2-1-4-16(14)18)22(37)32-12-21(36)34-19(6-3-7-30-25(27)28)23(38)35-20(24(39)40)9-15-11-29-13-33-15/h1-2,4-5,10-11,13,17,19-20,31H,3,6-9,12,26H2,(H,29,33)(H,32,37)(H,34,36)(H,35,38)(H,39,40)(H4,27,28,30). The van der Waals surface area contributed by atoms with Crippen LogP contribution in [0.4, 0.5) is 0 Å². The van der Waals surface area contributed by atoms with Crippen LogP contribution >= 0.6 is 0 Å². The van der Waals surface area contributed by atoms with E-state index in [1.807, 2.05) is 24.3 Å². The molecule has 0 radical (unpaired) electrons. The van der Waals surface area contributed by atoms with Crippen molar-refractivity contribution in [3.05, 3.63) is 54.2 Å². The van der Waals surface area contributed by atoms with Gasteiger partial charge in [0.05, 0.1) is 18.9 Å². The third kappa shape index (κ3) is 8.83. The van der Waals surface area contributed by atoms with E-state index in [-0.39, 0.29) is 31.8 Å². The number of nitrogens with zero attached hydrogens (tertiary/aromatic N) is 2. The van der Waals surface area contributed by atoms with E-state index in [9.17, 15) is 24.3 Å². The smallest absolute Gasteiger partial charge is 0.326 e. The van der Waals surface area contributed by atoms with Gasteiger partial charge in [0.15, 0.2) is 5.96 Å². The molecule has 0 aliphatic rings. The van der Waals surface area contributed by atoms with Crippen molar-refractivity contribution in [1.82, 2.24) is 30.9 Å². The van der Waals surface area contributed by atoms with Crippen molar-refractivity contribution in [2.45, 2.75) is 43.8 Å². The van der Waals surface area contributed by atoms with E-state index >= 15 is 0 Å². The number of carboxylic acids is 1. The minimum absolute atomic E-state index is 0.0416. The van der Waals surface area contributed by atoms with E-state index < -0.39 is 48.4 Å². The van der Waals surface area contributed by atoms with Crippen molar-refractivity contribution in [1.29, 1.82) is 0 Å². The third-order valence-electron chi connectivity index (χ3n) is 6.07. The van der Waals surface area contributed by atoms with E-state index in [0.717, 1.165) is 16.5 Å². The molecule has 15 nitrogen and oxygen atoms in total. The Morgan fingerprint density at radius 2 is 1.80 bits per heavy atom. The predicted octanol–water partition coefficient (Wildman–Crippen LogP) is -1.77. The van der Waals surface area contributed by atoms with Gasteiger partial charge in [0.25, 0.3) is 0 Å². The number of H-pyrrole nitrogens is 2. The van der Waals surface area contributed by atoms with Crippen LogP contribution in [0.2, 0.25) is 0 Å². The summed E-state index contributed by atoms with van der Waals surface area (Å²) in [6, 6.07) is 4.31. The van der Waals surface area contributed by atoms with Gasteiger partial charge in [-0.25, -0.2) is 9.78 Å². The lowest BCUT2D eigenvalue weighted by atomic mass is 10.1. The molecule has 3 unspecified atom stereocenters. The summed E-state index contributed by atoms with van der Waals surface area (Å²) in [7, 11) is 0. The van der Waals surface area contributed by atoms with Gasteiger partial charge in [0, 0.05) is 42.0 Å². The number of imidazole rings is 1. The van der Waals surface area contributed by atoms with Crippen LogP contribution in [-0.4, -0.2) is 80.9 Å². The molecule has 2 heterocycles. The third-order valence-corrected chi connectivity index (χ3v) is 6.07. The average Bonchev–Trinajstić information content (AvgIpc) is 3.58. The number of carboxylic acid groups (broad SMARTS) is 1. The monoisotopic (exact) mass is 554 g/mol. The van der Waals surface area contributed by atoms with Crippen LogP contribution < -0.4 is 33.2 Å². The highest BCUT2D eigenvalue weighted by atomic mass is 16.4. The summed E-state index contributed by atoms with van der Waals surface area (Å²) in [6.45, 7) is -0.244. The number of nitrogens with two attached hydrogens (primary N) is 3. The van der Waals surface area contributed by atoms with Gasteiger partial charge in [-0.05, 0) is 30.9 Å². The fraction of sp³-hybridized carbons (Fsp3) is 0.360. The first-order valence-corrected chi connectivity index (χ1v) is 12.6. The molecule has 0 saturated heterocycles. The van der Waals surface area contributed by atoms with Crippen LogP contribution in [-0.2, 0) is 32.0 Å². The molecular formula is C25H34N10O5. The normalized spacial score (nSPS) is 13.1.